The molecule has 2 aromatic heterocycles. The SMILES string of the molecule is Cc1ncsc1CN(C)CC1CCN(C(=O)c2ccoc2C)C1. The van der Waals surface area contributed by atoms with E-state index in [1.54, 1.807) is 23.7 Å². The second-order valence-electron chi connectivity index (χ2n) is 6.35. The summed E-state index contributed by atoms with van der Waals surface area (Å²) in [6.07, 6.45) is 2.65. The van der Waals surface area contributed by atoms with Crippen LogP contribution in [0, 0.1) is 19.8 Å². The first-order chi connectivity index (χ1) is 11.0. The molecule has 0 radical (unpaired) electrons. The van der Waals surface area contributed by atoms with Gasteiger partial charge in [-0.1, -0.05) is 0 Å². The molecule has 1 atom stereocenters. The summed E-state index contributed by atoms with van der Waals surface area (Å²) in [7, 11) is 2.14. The molecule has 1 aliphatic rings. The van der Waals surface area contributed by atoms with Gasteiger partial charge in [-0.15, -0.1) is 11.3 Å². The van der Waals surface area contributed by atoms with Gasteiger partial charge in [0, 0.05) is 31.1 Å². The third-order valence-electron chi connectivity index (χ3n) is 4.49. The van der Waals surface area contributed by atoms with Crippen LogP contribution in [0.3, 0.4) is 0 Å². The molecule has 1 fully saturated rings. The fourth-order valence-electron chi connectivity index (χ4n) is 3.17. The molecule has 6 heteroatoms. The maximum Gasteiger partial charge on any atom is 0.257 e. The van der Waals surface area contributed by atoms with Gasteiger partial charge in [-0.2, -0.15) is 0 Å². The van der Waals surface area contributed by atoms with E-state index in [1.165, 1.54) is 4.88 Å². The summed E-state index contributed by atoms with van der Waals surface area (Å²) in [5.74, 6) is 1.33. The van der Waals surface area contributed by atoms with Crippen molar-refractivity contribution in [3.05, 3.63) is 39.7 Å². The first-order valence-corrected chi connectivity index (χ1v) is 8.83. The smallest absolute Gasteiger partial charge is 0.257 e. The Bertz CT molecular complexity index is 679. The molecule has 0 aliphatic carbocycles. The molecule has 0 spiro atoms. The summed E-state index contributed by atoms with van der Waals surface area (Å²) in [6.45, 7) is 7.50. The van der Waals surface area contributed by atoms with Crippen molar-refractivity contribution in [1.29, 1.82) is 0 Å². The number of carbonyl (C=O) groups excluding carboxylic acids is 1. The average molecular weight is 333 g/mol. The van der Waals surface area contributed by atoms with Crippen LogP contribution in [0.5, 0.6) is 0 Å². The Morgan fingerprint density at radius 1 is 1.52 bits per heavy atom. The highest BCUT2D eigenvalue weighted by Gasteiger charge is 2.29. The Labute approximate surface area is 140 Å². The molecule has 23 heavy (non-hydrogen) atoms. The van der Waals surface area contributed by atoms with E-state index in [9.17, 15) is 4.79 Å². The predicted molar refractivity (Wildman–Crippen MR) is 90.6 cm³/mol. The number of rotatable bonds is 5. The number of aryl methyl sites for hydroxylation is 2. The van der Waals surface area contributed by atoms with Crippen molar-refractivity contribution < 1.29 is 9.21 Å². The first kappa shape index (κ1) is 16.2. The number of thiazole rings is 1. The van der Waals surface area contributed by atoms with E-state index in [0.29, 0.717) is 17.2 Å². The average Bonchev–Trinajstić information content (AvgIpc) is 3.22. The van der Waals surface area contributed by atoms with Crippen LogP contribution in [0.2, 0.25) is 0 Å². The second-order valence-corrected chi connectivity index (χ2v) is 7.29. The second kappa shape index (κ2) is 6.84. The summed E-state index contributed by atoms with van der Waals surface area (Å²) in [5.41, 5.74) is 3.72. The van der Waals surface area contributed by atoms with Gasteiger partial charge in [-0.3, -0.25) is 4.79 Å². The zero-order valence-electron chi connectivity index (χ0n) is 13.9. The van der Waals surface area contributed by atoms with Gasteiger partial charge in [-0.05, 0) is 39.3 Å². The number of carbonyl (C=O) groups is 1. The summed E-state index contributed by atoms with van der Waals surface area (Å²) in [5, 5.41) is 0. The molecule has 1 unspecified atom stereocenters. The molecule has 3 heterocycles. The van der Waals surface area contributed by atoms with Crippen LogP contribution in [-0.2, 0) is 6.54 Å². The maximum atomic E-state index is 12.5. The largest absolute Gasteiger partial charge is 0.469 e. The van der Waals surface area contributed by atoms with Crippen molar-refractivity contribution >= 4 is 17.2 Å². The van der Waals surface area contributed by atoms with E-state index in [4.69, 9.17) is 4.42 Å². The van der Waals surface area contributed by atoms with Crippen molar-refractivity contribution in [3.8, 4) is 0 Å². The lowest BCUT2D eigenvalue weighted by Crippen LogP contribution is -2.31. The van der Waals surface area contributed by atoms with Gasteiger partial charge in [0.2, 0.25) is 0 Å². The Morgan fingerprint density at radius 3 is 3.00 bits per heavy atom. The summed E-state index contributed by atoms with van der Waals surface area (Å²) in [4.78, 5) is 22.4. The summed E-state index contributed by atoms with van der Waals surface area (Å²) < 4.78 is 5.25. The summed E-state index contributed by atoms with van der Waals surface area (Å²) in [6, 6.07) is 1.77. The Kier molecular flexibility index (Phi) is 4.82. The minimum Gasteiger partial charge on any atom is -0.469 e. The van der Waals surface area contributed by atoms with Crippen molar-refractivity contribution in [2.24, 2.45) is 5.92 Å². The van der Waals surface area contributed by atoms with Gasteiger partial charge in [-0.25, -0.2) is 4.98 Å². The first-order valence-electron chi connectivity index (χ1n) is 7.95. The summed E-state index contributed by atoms with van der Waals surface area (Å²) >= 11 is 1.71. The van der Waals surface area contributed by atoms with Gasteiger partial charge in [0.05, 0.1) is 23.0 Å². The van der Waals surface area contributed by atoms with Crippen LogP contribution < -0.4 is 0 Å². The zero-order chi connectivity index (χ0) is 16.4. The van der Waals surface area contributed by atoms with Crippen LogP contribution in [-0.4, -0.2) is 47.4 Å². The predicted octanol–water partition coefficient (Wildman–Crippen LogP) is 2.95. The molecule has 3 rings (SSSR count). The highest BCUT2D eigenvalue weighted by molar-refractivity contribution is 7.09. The van der Waals surface area contributed by atoms with E-state index in [1.807, 2.05) is 17.3 Å². The molecule has 1 saturated heterocycles. The minimum absolute atomic E-state index is 0.0969. The Hall–Kier alpha value is -1.66. The van der Waals surface area contributed by atoms with Gasteiger partial charge in [0.1, 0.15) is 5.76 Å². The van der Waals surface area contributed by atoms with E-state index in [-0.39, 0.29) is 5.91 Å². The number of hydrogen-bond acceptors (Lipinski definition) is 5. The van der Waals surface area contributed by atoms with Crippen LogP contribution in [0.1, 0.15) is 33.1 Å². The van der Waals surface area contributed by atoms with E-state index in [0.717, 1.165) is 38.3 Å². The molecule has 0 bridgehead atoms. The zero-order valence-corrected chi connectivity index (χ0v) is 14.7. The van der Waals surface area contributed by atoms with Crippen molar-refractivity contribution in [2.75, 3.05) is 26.7 Å². The molecule has 5 nitrogen and oxygen atoms in total. The van der Waals surface area contributed by atoms with Crippen LogP contribution in [0.4, 0.5) is 0 Å². The molecule has 2 aromatic rings. The number of hydrogen-bond donors (Lipinski definition) is 0. The quantitative estimate of drug-likeness (QED) is 0.844. The van der Waals surface area contributed by atoms with E-state index >= 15 is 0 Å². The van der Waals surface area contributed by atoms with Gasteiger partial charge in [0.25, 0.3) is 5.91 Å². The molecule has 1 aliphatic heterocycles. The van der Waals surface area contributed by atoms with Gasteiger partial charge < -0.3 is 14.2 Å². The normalized spacial score (nSPS) is 18.1. The van der Waals surface area contributed by atoms with Crippen LogP contribution in [0.25, 0.3) is 0 Å². The molecular weight excluding hydrogens is 310 g/mol. The van der Waals surface area contributed by atoms with Crippen molar-refractivity contribution in [2.45, 2.75) is 26.8 Å². The lowest BCUT2D eigenvalue weighted by Gasteiger charge is -2.21. The van der Waals surface area contributed by atoms with Crippen molar-refractivity contribution in [1.82, 2.24) is 14.8 Å². The number of likely N-dealkylation sites (tertiary alicyclic amines) is 1. The number of furan rings is 1. The van der Waals surface area contributed by atoms with Gasteiger partial charge >= 0.3 is 0 Å². The maximum absolute atomic E-state index is 12.5. The molecule has 124 valence electrons. The number of aromatic nitrogens is 1. The molecule has 0 N–H and O–H groups in total. The van der Waals surface area contributed by atoms with Crippen molar-refractivity contribution in [3.63, 3.8) is 0 Å². The lowest BCUT2D eigenvalue weighted by molar-refractivity contribution is 0.0782. The third-order valence-corrected chi connectivity index (χ3v) is 5.41. The Morgan fingerprint density at radius 2 is 2.35 bits per heavy atom. The highest BCUT2D eigenvalue weighted by Crippen LogP contribution is 2.22. The fraction of sp³-hybridized carbons (Fsp3) is 0.529. The lowest BCUT2D eigenvalue weighted by atomic mass is 10.1. The van der Waals surface area contributed by atoms with Crippen LogP contribution >= 0.6 is 11.3 Å². The number of nitrogens with zero attached hydrogens (tertiary/aromatic N) is 3. The number of amides is 1. The minimum atomic E-state index is 0.0969. The molecular formula is C17H23N3O2S. The Balaban J connectivity index is 1.53. The standard InChI is InChI=1S/C17H23N3O2S/c1-12-16(23-11-18-12)10-19(3)8-14-4-6-20(9-14)17(21)15-5-7-22-13(15)2/h5,7,11,14H,4,6,8-10H2,1-3H3. The third kappa shape index (κ3) is 3.64. The molecule has 0 saturated carbocycles. The van der Waals surface area contributed by atoms with E-state index in [2.05, 4.69) is 23.9 Å². The van der Waals surface area contributed by atoms with Crippen LogP contribution in [0.15, 0.2) is 22.3 Å². The molecule has 1 amide bonds. The highest BCUT2D eigenvalue weighted by atomic mass is 32.1. The monoisotopic (exact) mass is 333 g/mol. The molecule has 0 aromatic carbocycles. The topological polar surface area (TPSA) is 49.6 Å². The fourth-order valence-corrected chi connectivity index (χ4v) is 4.03. The van der Waals surface area contributed by atoms with Gasteiger partial charge in [0.15, 0.2) is 0 Å². The van der Waals surface area contributed by atoms with E-state index < -0.39 is 0 Å².